The molecule has 2 rings (SSSR count). The van der Waals surface area contributed by atoms with E-state index in [0.29, 0.717) is 28.7 Å². The first-order chi connectivity index (χ1) is 10.1. The van der Waals surface area contributed by atoms with Gasteiger partial charge < -0.3 is 19.1 Å². The molecular weight excluding hydrogens is 296 g/mol. The first kappa shape index (κ1) is 15.5. The zero-order chi connectivity index (χ0) is 15.4. The summed E-state index contributed by atoms with van der Waals surface area (Å²) < 4.78 is 12.3. The number of hydrogen-bond donors (Lipinski definition) is 1. The Balaban J connectivity index is 2.48. The van der Waals surface area contributed by atoms with Gasteiger partial charge in [-0.2, -0.15) is 4.98 Å². The van der Waals surface area contributed by atoms with E-state index in [1.54, 1.807) is 7.11 Å². The fourth-order valence-corrected chi connectivity index (χ4v) is 2.50. The molecule has 0 amide bonds. The molecule has 0 saturated heterocycles. The highest BCUT2D eigenvalue weighted by atomic mass is 32.2. The molecule has 2 heterocycles. The quantitative estimate of drug-likeness (QED) is 0.757. The van der Waals surface area contributed by atoms with Gasteiger partial charge in [0.25, 0.3) is 0 Å². The molecule has 1 atom stereocenters. The van der Waals surface area contributed by atoms with Crippen molar-refractivity contribution in [3.63, 3.8) is 0 Å². The zero-order valence-corrected chi connectivity index (χ0v) is 12.8. The molecule has 1 unspecified atom stereocenters. The van der Waals surface area contributed by atoms with Crippen LogP contribution in [0.1, 0.15) is 6.92 Å². The average Bonchev–Trinajstić information content (AvgIpc) is 2.82. The van der Waals surface area contributed by atoms with E-state index in [9.17, 15) is 4.79 Å². The summed E-state index contributed by atoms with van der Waals surface area (Å²) in [4.78, 5) is 23.4. The Bertz CT molecular complexity index is 645. The van der Waals surface area contributed by atoms with Gasteiger partial charge in [-0.25, -0.2) is 9.97 Å². The Morgan fingerprint density at radius 2 is 2.24 bits per heavy atom. The number of nitrogens with zero attached hydrogens (tertiary/aromatic N) is 4. The summed E-state index contributed by atoms with van der Waals surface area (Å²) >= 11 is 1.13. The second kappa shape index (κ2) is 6.72. The fourth-order valence-electron chi connectivity index (χ4n) is 1.78. The predicted octanol–water partition coefficient (Wildman–Crippen LogP) is 1.05. The standard InChI is InChI=1S/C12H16N4O4S/c1-7(19-2)4-16-10-9(11(20-3)14-6-13-10)15-12(16)21-5-8(17)18/h6-7H,4-5H2,1-3H3,(H,17,18). The zero-order valence-electron chi connectivity index (χ0n) is 11.9. The first-order valence-corrected chi connectivity index (χ1v) is 7.18. The molecule has 0 aromatic carbocycles. The lowest BCUT2D eigenvalue weighted by Crippen LogP contribution is -2.16. The number of carbonyl (C=O) groups is 1. The Labute approximate surface area is 125 Å². The van der Waals surface area contributed by atoms with Crippen LogP contribution < -0.4 is 4.74 Å². The number of methoxy groups -OCH3 is 2. The second-order valence-corrected chi connectivity index (χ2v) is 5.23. The van der Waals surface area contributed by atoms with E-state index in [2.05, 4.69) is 15.0 Å². The Hall–Kier alpha value is -1.87. The minimum atomic E-state index is -0.906. The van der Waals surface area contributed by atoms with Gasteiger partial charge in [0.1, 0.15) is 6.33 Å². The van der Waals surface area contributed by atoms with Gasteiger partial charge in [0, 0.05) is 7.11 Å². The molecule has 0 aliphatic heterocycles. The van der Waals surface area contributed by atoms with Gasteiger partial charge in [-0.3, -0.25) is 4.79 Å². The molecule has 2 aromatic heterocycles. The predicted molar refractivity (Wildman–Crippen MR) is 76.7 cm³/mol. The highest BCUT2D eigenvalue weighted by molar-refractivity contribution is 7.99. The van der Waals surface area contributed by atoms with Crippen molar-refractivity contribution in [2.24, 2.45) is 0 Å². The van der Waals surface area contributed by atoms with Crippen molar-refractivity contribution in [3.8, 4) is 5.88 Å². The molecule has 114 valence electrons. The van der Waals surface area contributed by atoms with Gasteiger partial charge >= 0.3 is 5.97 Å². The van der Waals surface area contributed by atoms with Gasteiger partial charge in [0.05, 0.1) is 25.5 Å². The summed E-state index contributed by atoms with van der Waals surface area (Å²) in [6.07, 6.45) is 1.33. The number of imidazole rings is 1. The van der Waals surface area contributed by atoms with Gasteiger partial charge in [-0.1, -0.05) is 11.8 Å². The largest absolute Gasteiger partial charge is 0.481 e. The number of carboxylic acid groups (broad SMARTS) is 1. The molecule has 0 fully saturated rings. The van der Waals surface area contributed by atoms with Gasteiger partial charge in [-0.15, -0.1) is 0 Å². The SMILES string of the molecule is COc1ncnc2c1nc(SCC(=O)O)n2CC(C)OC. The van der Waals surface area contributed by atoms with E-state index in [-0.39, 0.29) is 11.9 Å². The molecule has 0 aliphatic carbocycles. The van der Waals surface area contributed by atoms with Crippen LogP contribution in [0.25, 0.3) is 11.2 Å². The van der Waals surface area contributed by atoms with Crippen LogP contribution in [0.3, 0.4) is 0 Å². The lowest BCUT2D eigenvalue weighted by atomic mass is 10.4. The number of aliphatic carboxylic acids is 1. The van der Waals surface area contributed by atoms with Crippen molar-refractivity contribution in [2.45, 2.75) is 24.7 Å². The summed E-state index contributed by atoms with van der Waals surface area (Å²) in [7, 11) is 3.12. The maximum absolute atomic E-state index is 10.8. The first-order valence-electron chi connectivity index (χ1n) is 6.19. The molecule has 0 spiro atoms. The molecule has 8 nitrogen and oxygen atoms in total. The number of rotatable bonds is 7. The molecule has 9 heteroatoms. The van der Waals surface area contributed by atoms with Gasteiger partial charge in [-0.05, 0) is 6.92 Å². The van der Waals surface area contributed by atoms with E-state index in [1.165, 1.54) is 13.4 Å². The number of aromatic nitrogens is 4. The van der Waals surface area contributed by atoms with Crippen molar-refractivity contribution in [3.05, 3.63) is 6.33 Å². The highest BCUT2D eigenvalue weighted by Crippen LogP contribution is 2.27. The third-order valence-corrected chi connectivity index (χ3v) is 3.78. The molecule has 21 heavy (non-hydrogen) atoms. The van der Waals surface area contributed by atoms with E-state index < -0.39 is 5.97 Å². The molecule has 0 radical (unpaired) electrons. The lowest BCUT2D eigenvalue weighted by molar-refractivity contribution is -0.133. The summed E-state index contributed by atoms with van der Waals surface area (Å²) in [6, 6.07) is 0. The van der Waals surface area contributed by atoms with Crippen LogP contribution in [0.2, 0.25) is 0 Å². The second-order valence-electron chi connectivity index (χ2n) is 4.29. The van der Waals surface area contributed by atoms with Crippen LogP contribution in [-0.2, 0) is 16.1 Å². The molecule has 1 N–H and O–H groups in total. The van der Waals surface area contributed by atoms with Crippen molar-refractivity contribution in [1.29, 1.82) is 0 Å². The van der Waals surface area contributed by atoms with Crippen LogP contribution in [-0.4, -0.2) is 56.7 Å². The van der Waals surface area contributed by atoms with Crippen molar-refractivity contribution in [2.75, 3.05) is 20.0 Å². The minimum absolute atomic E-state index is 0.0625. The van der Waals surface area contributed by atoms with Crippen LogP contribution in [0.15, 0.2) is 11.5 Å². The van der Waals surface area contributed by atoms with Crippen LogP contribution in [0.4, 0.5) is 0 Å². The highest BCUT2D eigenvalue weighted by Gasteiger charge is 2.19. The summed E-state index contributed by atoms with van der Waals surface area (Å²) in [5.74, 6) is -0.627. The third kappa shape index (κ3) is 3.42. The molecule has 0 saturated carbocycles. The lowest BCUT2D eigenvalue weighted by Gasteiger charge is -2.12. The topological polar surface area (TPSA) is 99.4 Å². The van der Waals surface area contributed by atoms with Crippen molar-refractivity contribution >= 4 is 28.9 Å². The number of fused-ring (bicyclic) bond motifs is 1. The molecule has 0 bridgehead atoms. The monoisotopic (exact) mass is 312 g/mol. The number of ether oxygens (including phenoxy) is 2. The van der Waals surface area contributed by atoms with Gasteiger partial charge in [0.2, 0.25) is 5.88 Å². The Morgan fingerprint density at radius 1 is 1.48 bits per heavy atom. The van der Waals surface area contributed by atoms with E-state index >= 15 is 0 Å². The third-order valence-electron chi connectivity index (χ3n) is 2.82. The summed E-state index contributed by atoms with van der Waals surface area (Å²) in [5, 5.41) is 9.39. The van der Waals surface area contributed by atoms with E-state index in [0.717, 1.165) is 11.8 Å². The smallest absolute Gasteiger partial charge is 0.313 e. The number of hydrogen-bond acceptors (Lipinski definition) is 7. The number of carboxylic acids is 1. The summed E-state index contributed by atoms with van der Waals surface area (Å²) in [5.41, 5.74) is 1.11. The van der Waals surface area contributed by atoms with Gasteiger partial charge in [0.15, 0.2) is 16.3 Å². The molecule has 0 aliphatic rings. The van der Waals surface area contributed by atoms with Crippen molar-refractivity contribution in [1.82, 2.24) is 19.5 Å². The minimum Gasteiger partial charge on any atom is -0.481 e. The fraction of sp³-hybridized carbons (Fsp3) is 0.500. The Morgan fingerprint density at radius 3 is 2.86 bits per heavy atom. The van der Waals surface area contributed by atoms with Crippen LogP contribution in [0.5, 0.6) is 5.88 Å². The molecular formula is C12H16N4O4S. The van der Waals surface area contributed by atoms with E-state index in [4.69, 9.17) is 14.6 Å². The average molecular weight is 312 g/mol. The summed E-state index contributed by atoms with van der Waals surface area (Å²) in [6.45, 7) is 2.42. The Kier molecular flexibility index (Phi) is 4.97. The molecule has 2 aromatic rings. The normalized spacial score (nSPS) is 12.5. The maximum Gasteiger partial charge on any atom is 0.313 e. The van der Waals surface area contributed by atoms with Crippen LogP contribution in [0, 0.1) is 0 Å². The van der Waals surface area contributed by atoms with E-state index in [1.807, 2.05) is 11.5 Å². The maximum atomic E-state index is 10.8. The van der Waals surface area contributed by atoms with Crippen LogP contribution >= 0.6 is 11.8 Å². The number of thioether (sulfide) groups is 1. The van der Waals surface area contributed by atoms with Crippen molar-refractivity contribution < 1.29 is 19.4 Å².